The Labute approximate surface area is 133 Å². The quantitative estimate of drug-likeness (QED) is 0.837. The molecule has 22 heavy (non-hydrogen) atoms. The summed E-state index contributed by atoms with van der Waals surface area (Å²) in [6, 6.07) is 6.77. The summed E-state index contributed by atoms with van der Waals surface area (Å²) < 4.78 is 0. The molecule has 0 aromatic carbocycles. The number of piperidine rings is 1. The van der Waals surface area contributed by atoms with Crippen molar-refractivity contribution in [1.82, 2.24) is 9.88 Å². The molecule has 1 atom stereocenters. The smallest absolute Gasteiger partial charge is 0.144 e. The molecule has 1 aromatic rings. The number of anilines is 2. The van der Waals surface area contributed by atoms with Crippen LogP contribution in [0.15, 0.2) is 12.1 Å². The fraction of sp³-hybridized carbons (Fsp3) is 0.647. The number of rotatable bonds is 2. The van der Waals surface area contributed by atoms with Crippen LogP contribution in [0, 0.1) is 11.3 Å². The lowest BCUT2D eigenvalue weighted by molar-refractivity contribution is 0.274. The number of pyridine rings is 1. The van der Waals surface area contributed by atoms with Crippen molar-refractivity contribution in [3.63, 3.8) is 0 Å². The van der Waals surface area contributed by atoms with Crippen molar-refractivity contribution in [3.05, 3.63) is 17.8 Å². The lowest BCUT2D eigenvalue weighted by Gasteiger charge is -2.39. The summed E-state index contributed by atoms with van der Waals surface area (Å²) in [5.74, 6) is 0.959. The molecule has 0 radical (unpaired) electrons. The Morgan fingerprint density at radius 3 is 2.59 bits per heavy atom. The molecule has 0 bridgehead atoms. The standard InChI is InChI=1S/C17H25N5/c1-14-13-20(2)8-9-22(14)17-11-16(10-15(12-18)19-17)21-6-4-3-5-7-21/h10-11,14H,3-9,13H2,1-2H3/t14-/m0/s1. The third kappa shape index (κ3) is 3.17. The first-order chi connectivity index (χ1) is 10.7. The second-order valence-corrected chi connectivity index (χ2v) is 6.53. The van der Waals surface area contributed by atoms with Gasteiger partial charge in [-0.15, -0.1) is 0 Å². The van der Waals surface area contributed by atoms with E-state index in [-0.39, 0.29) is 0 Å². The van der Waals surface area contributed by atoms with Gasteiger partial charge in [-0.2, -0.15) is 5.26 Å². The van der Waals surface area contributed by atoms with Gasteiger partial charge in [0.1, 0.15) is 17.6 Å². The van der Waals surface area contributed by atoms with E-state index >= 15 is 0 Å². The topological polar surface area (TPSA) is 46.4 Å². The fourth-order valence-corrected chi connectivity index (χ4v) is 3.52. The van der Waals surface area contributed by atoms with Gasteiger partial charge < -0.3 is 14.7 Å². The number of nitriles is 1. The van der Waals surface area contributed by atoms with Gasteiger partial charge in [-0.25, -0.2) is 4.98 Å². The van der Waals surface area contributed by atoms with E-state index in [4.69, 9.17) is 0 Å². The number of likely N-dealkylation sites (N-methyl/N-ethyl adjacent to an activating group) is 1. The molecule has 0 amide bonds. The highest BCUT2D eigenvalue weighted by molar-refractivity contribution is 5.59. The molecule has 5 nitrogen and oxygen atoms in total. The molecule has 2 aliphatic heterocycles. The van der Waals surface area contributed by atoms with Crippen LogP contribution in [0.2, 0.25) is 0 Å². The maximum absolute atomic E-state index is 9.33. The Morgan fingerprint density at radius 2 is 1.91 bits per heavy atom. The van der Waals surface area contributed by atoms with Crippen molar-refractivity contribution in [3.8, 4) is 6.07 Å². The fourth-order valence-electron chi connectivity index (χ4n) is 3.52. The van der Waals surface area contributed by atoms with Crippen LogP contribution in [0.1, 0.15) is 31.9 Å². The molecule has 2 aliphatic rings. The highest BCUT2D eigenvalue weighted by atomic mass is 15.3. The van der Waals surface area contributed by atoms with E-state index in [2.05, 4.69) is 45.8 Å². The average Bonchev–Trinajstić information content (AvgIpc) is 2.55. The molecule has 0 aliphatic carbocycles. The van der Waals surface area contributed by atoms with Crippen LogP contribution in [-0.4, -0.2) is 55.7 Å². The first-order valence-electron chi connectivity index (χ1n) is 8.29. The van der Waals surface area contributed by atoms with Crippen molar-refractivity contribution < 1.29 is 0 Å². The van der Waals surface area contributed by atoms with Crippen LogP contribution in [0.4, 0.5) is 11.5 Å². The molecule has 1 aromatic heterocycles. The SMILES string of the molecule is C[C@H]1CN(C)CCN1c1cc(N2CCCCC2)cc(C#N)n1. The zero-order chi connectivity index (χ0) is 15.5. The first kappa shape index (κ1) is 15.1. The third-order valence-corrected chi connectivity index (χ3v) is 4.76. The van der Waals surface area contributed by atoms with E-state index in [0.29, 0.717) is 11.7 Å². The number of hydrogen-bond acceptors (Lipinski definition) is 5. The van der Waals surface area contributed by atoms with Crippen molar-refractivity contribution in [2.45, 2.75) is 32.2 Å². The van der Waals surface area contributed by atoms with Gasteiger partial charge in [-0.3, -0.25) is 0 Å². The molecule has 0 saturated carbocycles. The highest BCUT2D eigenvalue weighted by Gasteiger charge is 2.24. The maximum Gasteiger partial charge on any atom is 0.144 e. The van der Waals surface area contributed by atoms with E-state index < -0.39 is 0 Å². The zero-order valence-corrected chi connectivity index (χ0v) is 13.6. The summed E-state index contributed by atoms with van der Waals surface area (Å²) >= 11 is 0. The number of hydrogen-bond donors (Lipinski definition) is 0. The van der Waals surface area contributed by atoms with Crippen molar-refractivity contribution in [2.24, 2.45) is 0 Å². The van der Waals surface area contributed by atoms with E-state index in [1.54, 1.807) is 0 Å². The minimum absolute atomic E-state index is 0.425. The highest BCUT2D eigenvalue weighted by Crippen LogP contribution is 2.27. The van der Waals surface area contributed by atoms with Gasteiger partial charge in [0.25, 0.3) is 0 Å². The molecule has 5 heteroatoms. The first-order valence-corrected chi connectivity index (χ1v) is 8.29. The van der Waals surface area contributed by atoms with Gasteiger partial charge in [0.05, 0.1) is 0 Å². The summed E-state index contributed by atoms with van der Waals surface area (Å²) in [6.45, 7) is 7.47. The monoisotopic (exact) mass is 299 g/mol. The van der Waals surface area contributed by atoms with Crippen LogP contribution in [-0.2, 0) is 0 Å². The second kappa shape index (κ2) is 6.53. The Morgan fingerprint density at radius 1 is 1.14 bits per heavy atom. The molecule has 118 valence electrons. The Balaban J connectivity index is 1.88. The van der Waals surface area contributed by atoms with E-state index in [0.717, 1.165) is 44.2 Å². The molecule has 2 saturated heterocycles. The number of aromatic nitrogens is 1. The van der Waals surface area contributed by atoms with Gasteiger partial charge >= 0.3 is 0 Å². The van der Waals surface area contributed by atoms with E-state index in [1.165, 1.54) is 19.3 Å². The molecule has 0 unspecified atom stereocenters. The normalized spacial score (nSPS) is 23.4. The molecular formula is C17H25N5. The number of piperazine rings is 1. The minimum Gasteiger partial charge on any atom is -0.371 e. The summed E-state index contributed by atoms with van der Waals surface area (Å²) in [7, 11) is 2.16. The predicted octanol–water partition coefficient (Wildman–Crippen LogP) is 2.08. The lowest BCUT2D eigenvalue weighted by Crippen LogP contribution is -2.50. The Bertz CT molecular complexity index is 559. The predicted molar refractivity (Wildman–Crippen MR) is 89.3 cm³/mol. The molecule has 2 fully saturated rings. The van der Waals surface area contributed by atoms with Crippen LogP contribution >= 0.6 is 0 Å². The van der Waals surface area contributed by atoms with Crippen LogP contribution in [0.25, 0.3) is 0 Å². The van der Waals surface area contributed by atoms with Crippen LogP contribution in [0.5, 0.6) is 0 Å². The van der Waals surface area contributed by atoms with Crippen LogP contribution in [0.3, 0.4) is 0 Å². The van der Waals surface area contributed by atoms with Crippen molar-refractivity contribution in [2.75, 3.05) is 49.6 Å². The largest absolute Gasteiger partial charge is 0.371 e. The van der Waals surface area contributed by atoms with Gasteiger partial charge in [0.15, 0.2) is 0 Å². The van der Waals surface area contributed by atoms with Crippen molar-refractivity contribution in [1.29, 1.82) is 5.26 Å². The van der Waals surface area contributed by atoms with E-state index in [9.17, 15) is 5.26 Å². The van der Waals surface area contributed by atoms with Gasteiger partial charge in [-0.05, 0) is 39.3 Å². The van der Waals surface area contributed by atoms with Gasteiger partial charge in [0.2, 0.25) is 0 Å². The Hall–Kier alpha value is -1.80. The summed E-state index contributed by atoms with van der Waals surface area (Å²) in [5, 5.41) is 9.33. The Kier molecular flexibility index (Phi) is 4.49. The van der Waals surface area contributed by atoms with Crippen molar-refractivity contribution >= 4 is 11.5 Å². The van der Waals surface area contributed by atoms with E-state index in [1.807, 2.05) is 6.07 Å². The molecule has 3 heterocycles. The summed E-state index contributed by atoms with van der Waals surface area (Å²) in [5.41, 5.74) is 1.69. The second-order valence-electron chi connectivity index (χ2n) is 6.53. The number of nitrogens with zero attached hydrogens (tertiary/aromatic N) is 5. The van der Waals surface area contributed by atoms with Gasteiger partial charge in [-0.1, -0.05) is 0 Å². The molecule has 0 spiro atoms. The molecule has 3 rings (SSSR count). The minimum atomic E-state index is 0.425. The lowest BCUT2D eigenvalue weighted by atomic mass is 10.1. The van der Waals surface area contributed by atoms with Crippen LogP contribution < -0.4 is 9.80 Å². The maximum atomic E-state index is 9.33. The third-order valence-electron chi connectivity index (χ3n) is 4.76. The zero-order valence-electron chi connectivity index (χ0n) is 13.6. The molecular weight excluding hydrogens is 274 g/mol. The van der Waals surface area contributed by atoms with Gasteiger partial charge in [0, 0.05) is 50.5 Å². The average molecular weight is 299 g/mol. The summed E-state index contributed by atoms with van der Waals surface area (Å²) in [6.07, 6.45) is 3.80. The summed E-state index contributed by atoms with van der Waals surface area (Å²) in [4.78, 5) is 11.7. The molecule has 0 N–H and O–H groups in total.